The van der Waals surface area contributed by atoms with E-state index in [4.69, 9.17) is 11.6 Å². The Labute approximate surface area is 144 Å². The molecule has 0 saturated heterocycles. The lowest BCUT2D eigenvalue weighted by Crippen LogP contribution is -2.32. The minimum absolute atomic E-state index is 0. The number of hydrogen-bond donors (Lipinski definition) is 1. The van der Waals surface area contributed by atoms with Crippen molar-refractivity contribution >= 4 is 24.0 Å². The summed E-state index contributed by atoms with van der Waals surface area (Å²) in [5.41, 5.74) is 1.09. The van der Waals surface area contributed by atoms with Crippen molar-refractivity contribution < 1.29 is 5.11 Å². The molecule has 0 amide bonds. The molecule has 0 aliphatic heterocycles. The molecule has 0 saturated carbocycles. The molecule has 1 N–H and O–H groups in total. The average molecular weight is 340 g/mol. The predicted octanol–water partition coefficient (Wildman–Crippen LogP) is 4.14. The molecule has 0 fully saturated rings. The highest BCUT2D eigenvalue weighted by atomic mass is 35.5. The smallest absolute Gasteiger partial charge is 0.0949 e. The largest absolute Gasteiger partial charge is 0.385 e. The normalized spacial score (nSPS) is 13.5. The quantitative estimate of drug-likeness (QED) is 0.854. The van der Waals surface area contributed by atoms with Crippen LogP contribution in [0.25, 0.3) is 0 Å². The molecule has 0 spiro atoms. The van der Waals surface area contributed by atoms with E-state index in [1.807, 2.05) is 68.7 Å². The Hall–Kier alpha value is -1.06. The van der Waals surface area contributed by atoms with Crippen LogP contribution in [-0.4, -0.2) is 30.6 Å². The number of rotatable bonds is 6. The van der Waals surface area contributed by atoms with Crippen molar-refractivity contribution in [2.75, 3.05) is 20.6 Å². The number of nitrogens with zero attached hydrogens (tertiary/aromatic N) is 1. The summed E-state index contributed by atoms with van der Waals surface area (Å²) in [4.78, 5) is 2.08. The molecule has 0 aliphatic rings. The van der Waals surface area contributed by atoms with Crippen LogP contribution in [0, 0.1) is 0 Å². The molecule has 0 aromatic heterocycles. The molecule has 0 aliphatic carbocycles. The van der Waals surface area contributed by atoms with Crippen LogP contribution in [0.5, 0.6) is 0 Å². The molecule has 2 aromatic carbocycles. The molecular formula is C18H23Cl2NO. The molecule has 2 aromatic rings. The van der Waals surface area contributed by atoms with Gasteiger partial charge in [-0.2, -0.15) is 0 Å². The van der Waals surface area contributed by atoms with Gasteiger partial charge in [-0.25, -0.2) is 0 Å². The van der Waals surface area contributed by atoms with Gasteiger partial charge in [-0.15, -0.1) is 12.4 Å². The van der Waals surface area contributed by atoms with Crippen molar-refractivity contribution in [1.29, 1.82) is 0 Å². The Morgan fingerprint density at radius 1 is 1.05 bits per heavy atom. The van der Waals surface area contributed by atoms with Gasteiger partial charge in [-0.1, -0.05) is 54.1 Å². The molecule has 2 nitrogen and oxygen atoms in total. The zero-order valence-electron chi connectivity index (χ0n) is 13.0. The molecule has 22 heavy (non-hydrogen) atoms. The van der Waals surface area contributed by atoms with Crippen molar-refractivity contribution in [2.24, 2.45) is 0 Å². The first-order valence-electron chi connectivity index (χ1n) is 7.17. The van der Waals surface area contributed by atoms with E-state index in [-0.39, 0.29) is 12.4 Å². The Morgan fingerprint density at radius 3 is 2.32 bits per heavy atom. The third-order valence-corrected chi connectivity index (χ3v) is 3.91. The van der Waals surface area contributed by atoms with Crippen LogP contribution in [0.4, 0.5) is 0 Å². The monoisotopic (exact) mass is 339 g/mol. The summed E-state index contributed by atoms with van der Waals surface area (Å²) in [6.07, 6.45) is 1.25. The zero-order valence-corrected chi connectivity index (χ0v) is 14.6. The highest BCUT2D eigenvalue weighted by Gasteiger charge is 2.29. The van der Waals surface area contributed by atoms with E-state index in [1.165, 1.54) is 0 Å². The van der Waals surface area contributed by atoms with Gasteiger partial charge in [0, 0.05) is 18.0 Å². The van der Waals surface area contributed by atoms with E-state index >= 15 is 0 Å². The number of halogens is 2. The summed E-state index contributed by atoms with van der Waals surface area (Å²) in [7, 11) is 4.03. The third-order valence-electron chi connectivity index (χ3n) is 3.67. The van der Waals surface area contributed by atoms with Crippen LogP contribution < -0.4 is 0 Å². The van der Waals surface area contributed by atoms with Gasteiger partial charge >= 0.3 is 0 Å². The second-order valence-corrected chi connectivity index (χ2v) is 6.19. The van der Waals surface area contributed by atoms with Gasteiger partial charge in [0.05, 0.1) is 5.60 Å². The third kappa shape index (κ3) is 5.29. The number of hydrogen-bond acceptors (Lipinski definition) is 2. The predicted molar refractivity (Wildman–Crippen MR) is 95.9 cm³/mol. The topological polar surface area (TPSA) is 23.5 Å². The number of aliphatic hydroxyl groups is 1. The summed E-state index contributed by atoms with van der Waals surface area (Å²) in [6, 6.07) is 17.6. The summed E-state index contributed by atoms with van der Waals surface area (Å²) in [5, 5.41) is 11.9. The Kier molecular flexibility index (Phi) is 7.37. The molecule has 4 heteroatoms. The number of benzene rings is 2. The van der Waals surface area contributed by atoms with E-state index < -0.39 is 5.60 Å². The fourth-order valence-electron chi connectivity index (χ4n) is 2.45. The second kappa shape index (κ2) is 8.54. The lowest BCUT2D eigenvalue weighted by Gasteiger charge is -2.30. The van der Waals surface area contributed by atoms with Crippen LogP contribution in [0.2, 0.25) is 5.02 Å². The van der Waals surface area contributed by atoms with Gasteiger partial charge in [0.1, 0.15) is 0 Å². The van der Waals surface area contributed by atoms with E-state index in [1.54, 1.807) is 0 Å². The lowest BCUT2D eigenvalue weighted by atomic mass is 9.84. The maximum absolute atomic E-state index is 11.2. The van der Waals surface area contributed by atoms with Gasteiger partial charge in [-0.3, -0.25) is 0 Å². The molecule has 0 bridgehead atoms. The Balaban J connectivity index is 0.00000242. The molecular weight excluding hydrogens is 317 g/mol. The minimum Gasteiger partial charge on any atom is -0.385 e. The van der Waals surface area contributed by atoms with Gasteiger partial charge in [0.15, 0.2) is 0 Å². The molecule has 0 heterocycles. The summed E-state index contributed by atoms with van der Waals surface area (Å²) in [6.45, 7) is 0.815. The maximum Gasteiger partial charge on any atom is 0.0949 e. The first kappa shape index (κ1) is 19.0. The van der Waals surface area contributed by atoms with E-state index in [0.717, 1.165) is 17.7 Å². The van der Waals surface area contributed by atoms with Crippen molar-refractivity contribution in [1.82, 2.24) is 4.90 Å². The fourth-order valence-corrected chi connectivity index (χ4v) is 2.65. The maximum atomic E-state index is 11.2. The standard InChI is InChI=1S/C18H22ClNO.ClH/c1-20(2)12-11-18(21,14-15-7-4-3-5-8-15)16-9-6-10-17(19)13-16;/h3-10,13,21H,11-12,14H2,1-2H3;1H. The van der Waals surface area contributed by atoms with Gasteiger partial charge in [0.2, 0.25) is 0 Å². The SMILES string of the molecule is CN(C)CCC(O)(Cc1ccccc1)c1cccc(Cl)c1.Cl. The summed E-state index contributed by atoms with van der Waals surface area (Å²) in [5.74, 6) is 0. The fraction of sp³-hybridized carbons (Fsp3) is 0.333. The minimum atomic E-state index is -0.906. The highest BCUT2D eigenvalue weighted by Crippen LogP contribution is 2.31. The van der Waals surface area contributed by atoms with Gasteiger partial charge in [-0.05, 0) is 43.8 Å². The van der Waals surface area contributed by atoms with Crippen molar-refractivity contribution in [3.8, 4) is 0 Å². The van der Waals surface area contributed by atoms with E-state index in [2.05, 4.69) is 4.90 Å². The molecule has 0 radical (unpaired) electrons. The van der Waals surface area contributed by atoms with Gasteiger partial charge in [0.25, 0.3) is 0 Å². The Morgan fingerprint density at radius 2 is 1.73 bits per heavy atom. The van der Waals surface area contributed by atoms with Crippen molar-refractivity contribution in [2.45, 2.75) is 18.4 Å². The Bertz CT molecular complexity index is 574. The molecule has 120 valence electrons. The van der Waals surface area contributed by atoms with Crippen LogP contribution in [0.1, 0.15) is 17.5 Å². The first-order chi connectivity index (χ1) is 9.99. The van der Waals surface area contributed by atoms with Crippen molar-refractivity contribution in [3.05, 3.63) is 70.7 Å². The first-order valence-corrected chi connectivity index (χ1v) is 7.54. The highest BCUT2D eigenvalue weighted by molar-refractivity contribution is 6.30. The van der Waals surface area contributed by atoms with E-state index in [0.29, 0.717) is 17.9 Å². The van der Waals surface area contributed by atoms with Crippen LogP contribution in [-0.2, 0) is 12.0 Å². The molecule has 1 atom stereocenters. The summed E-state index contributed by atoms with van der Waals surface area (Å²) < 4.78 is 0. The van der Waals surface area contributed by atoms with Crippen LogP contribution >= 0.6 is 24.0 Å². The summed E-state index contributed by atoms with van der Waals surface area (Å²) >= 11 is 6.10. The molecule has 2 rings (SSSR count). The van der Waals surface area contributed by atoms with Crippen LogP contribution in [0.3, 0.4) is 0 Å². The lowest BCUT2D eigenvalue weighted by molar-refractivity contribution is 0.0212. The van der Waals surface area contributed by atoms with E-state index in [9.17, 15) is 5.11 Å². The van der Waals surface area contributed by atoms with Crippen LogP contribution in [0.15, 0.2) is 54.6 Å². The van der Waals surface area contributed by atoms with Crippen molar-refractivity contribution in [3.63, 3.8) is 0 Å². The zero-order chi connectivity index (χ0) is 15.3. The van der Waals surface area contributed by atoms with Gasteiger partial charge < -0.3 is 10.0 Å². The average Bonchev–Trinajstić information content (AvgIpc) is 2.46. The second-order valence-electron chi connectivity index (χ2n) is 5.76. The molecule has 1 unspecified atom stereocenters.